The predicted octanol–water partition coefficient (Wildman–Crippen LogP) is 3.54. The van der Waals surface area contributed by atoms with Gasteiger partial charge in [0.25, 0.3) is 5.78 Å². The van der Waals surface area contributed by atoms with Crippen molar-refractivity contribution in [2.45, 2.75) is 103 Å². The Balaban J connectivity index is 3.46. The van der Waals surface area contributed by atoms with Crippen molar-refractivity contribution in [2.24, 2.45) is 0 Å². The highest BCUT2D eigenvalue weighted by Crippen LogP contribution is 2.14. The summed E-state index contributed by atoms with van der Waals surface area (Å²) in [6.07, 6.45) is 12.0. The summed E-state index contributed by atoms with van der Waals surface area (Å²) < 4.78 is 4.24. The minimum absolute atomic E-state index is 0.321. The number of hydrogen-bond donors (Lipinski definition) is 2. The fourth-order valence-electron chi connectivity index (χ4n) is 2.75. The summed E-state index contributed by atoms with van der Waals surface area (Å²) in [5, 5.41) is 19.3. The van der Waals surface area contributed by atoms with Crippen LogP contribution in [0.3, 0.4) is 0 Å². The normalized spacial score (nSPS) is 13.5. The third kappa shape index (κ3) is 11.6. The molecule has 0 spiro atoms. The summed E-state index contributed by atoms with van der Waals surface area (Å²) in [5.74, 6) is -2.19. The molecule has 0 aliphatic carbocycles. The minimum atomic E-state index is -1.68. The van der Waals surface area contributed by atoms with Crippen molar-refractivity contribution in [1.82, 2.24) is 0 Å². The van der Waals surface area contributed by atoms with E-state index >= 15 is 0 Å². The van der Waals surface area contributed by atoms with E-state index in [4.69, 9.17) is 0 Å². The molecule has 0 aromatic rings. The first kappa shape index (κ1) is 23.1. The highest BCUT2D eigenvalue weighted by atomic mass is 16.5. The molecule has 142 valence electrons. The van der Waals surface area contributed by atoms with Gasteiger partial charge in [-0.3, -0.25) is 4.79 Å². The molecule has 2 unspecified atom stereocenters. The van der Waals surface area contributed by atoms with Crippen LogP contribution in [-0.4, -0.2) is 41.3 Å². The number of hydrogen-bond acceptors (Lipinski definition) is 5. The van der Waals surface area contributed by atoms with Gasteiger partial charge in [0.1, 0.15) is 6.10 Å². The lowest BCUT2D eigenvalue weighted by Gasteiger charge is -2.15. The summed E-state index contributed by atoms with van der Waals surface area (Å²) in [7, 11) is 1.07. The van der Waals surface area contributed by atoms with Gasteiger partial charge in [0, 0.05) is 0 Å². The number of carbonyl (C=O) groups excluding carboxylic acids is 2. The zero-order chi connectivity index (χ0) is 18.2. The molecule has 0 fully saturated rings. The van der Waals surface area contributed by atoms with Crippen LogP contribution in [0.15, 0.2) is 0 Å². The van der Waals surface area contributed by atoms with Gasteiger partial charge in [0.15, 0.2) is 0 Å². The molecule has 0 saturated heterocycles. The molecule has 24 heavy (non-hydrogen) atoms. The second-order valence-corrected chi connectivity index (χ2v) is 6.55. The van der Waals surface area contributed by atoms with Gasteiger partial charge < -0.3 is 14.9 Å². The number of carbonyl (C=O) groups is 2. The van der Waals surface area contributed by atoms with E-state index in [1.54, 1.807) is 0 Å². The van der Waals surface area contributed by atoms with E-state index in [-0.39, 0.29) is 0 Å². The number of Topliss-reactive ketones (excluding diaryl/α,β-unsaturated/α-hetero) is 1. The number of methoxy groups -OCH3 is 1. The van der Waals surface area contributed by atoms with Crippen LogP contribution < -0.4 is 0 Å². The highest BCUT2D eigenvalue weighted by molar-refractivity contribution is 6.35. The third-order valence-electron chi connectivity index (χ3n) is 4.37. The molecule has 0 amide bonds. The van der Waals surface area contributed by atoms with Crippen molar-refractivity contribution in [3.05, 3.63) is 0 Å². The average molecular weight is 344 g/mol. The van der Waals surface area contributed by atoms with Crippen molar-refractivity contribution in [1.29, 1.82) is 0 Å². The fraction of sp³-hybridized carbons (Fsp3) is 0.895. The van der Waals surface area contributed by atoms with Gasteiger partial charge in [-0.2, -0.15) is 0 Å². The smallest absolute Gasteiger partial charge is 0.377 e. The molecule has 5 nitrogen and oxygen atoms in total. The second kappa shape index (κ2) is 15.6. The van der Waals surface area contributed by atoms with Crippen LogP contribution in [0.2, 0.25) is 0 Å². The number of aliphatic hydroxyl groups excluding tert-OH is 2. The molecular weight excluding hydrogens is 308 g/mol. The summed E-state index contributed by atoms with van der Waals surface area (Å²) in [4.78, 5) is 22.3. The Bertz CT molecular complexity index is 330. The molecule has 2 N–H and O–H groups in total. The predicted molar refractivity (Wildman–Crippen MR) is 94.7 cm³/mol. The second-order valence-electron chi connectivity index (χ2n) is 6.55. The number of rotatable bonds is 16. The van der Waals surface area contributed by atoms with Crippen LogP contribution in [0.5, 0.6) is 0 Å². The Kier molecular flexibility index (Phi) is 15.0. The molecule has 5 heteroatoms. The van der Waals surface area contributed by atoms with Crippen molar-refractivity contribution in [3.63, 3.8) is 0 Å². The minimum Gasteiger partial charge on any atom is -0.463 e. The topological polar surface area (TPSA) is 83.8 Å². The Morgan fingerprint density at radius 1 is 0.792 bits per heavy atom. The fourth-order valence-corrected chi connectivity index (χ4v) is 2.75. The van der Waals surface area contributed by atoms with Crippen LogP contribution in [0, 0.1) is 0 Å². The lowest BCUT2D eigenvalue weighted by molar-refractivity contribution is -0.158. The van der Waals surface area contributed by atoms with Crippen molar-refractivity contribution in [2.75, 3.05) is 7.11 Å². The van der Waals surface area contributed by atoms with Gasteiger partial charge in [-0.05, 0) is 6.42 Å². The molecule has 0 aromatic heterocycles. The number of unbranched alkanes of at least 4 members (excludes halogenated alkanes) is 11. The van der Waals surface area contributed by atoms with Gasteiger partial charge >= 0.3 is 5.97 Å². The molecule has 0 rings (SSSR count). The third-order valence-corrected chi connectivity index (χ3v) is 4.37. The molecule has 0 aliphatic heterocycles. The maximum absolute atomic E-state index is 11.3. The maximum atomic E-state index is 11.3. The molecule has 2 atom stereocenters. The standard InChI is InChI=1S/C19H36O5/c1-3-4-5-6-7-8-9-10-11-12-13-14-15-16(20)17(21)18(22)19(23)24-2/h16-17,20-21H,3-15H2,1-2H3. The van der Waals surface area contributed by atoms with Crippen molar-refractivity contribution < 1.29 is 24.5 Å². The van der Waals surface area contributed by atoms with E-state index in [0.29, 0.717) is 6.42 Å². The van der Waals surface area contributed by atoms with E-state index in [9.17, 15) is 19.8 Å². The van der Waals surface area contributed by atoms with Gasteiger partial charge in [-0.1, -0.05) is 84.0 Å². The van der Waals surface area contributed by atoms with E-state index in [1.807, 2.05) is 0 Å². The van der Waals surface area contributed by atoms with Gasteiger partial charge in [-0.15, -0.1) is 0 Å². The van der Waals surface area contributed by atoms with E-state index in [2.05, 4.69) is 11.7 Å². The number of aliphatic hydroxyl groups is 2. The molecule has 0 aliphatic rings. The average Bonchev–Trinajstić information content (AvgIpc) is 2.60. The Morgan fingerprint density at radius 3 is 1.62 bits per heavy atom. The van der Waals surface area contributed by atoms with E-state index < -0.39 is 24.0 Å². The number of ketones is 1. The van der Waals surface area contributed by atoms with Gasteiger partial charge in [0.2, 0.25) is 0 Å². The summed E-state index contributed by atoms with van der Waals surface area (Å²) in [6, 6.07) is 0. The van der Waals surface area contributed by atoms with Crippen LogP contribution in [0.4, 0.5) is 0 Å². The van der Waals surface area contributed by atoms with Crippen LogP contribution in [0.25, 0.3) is 0 Å². The Labute approximate surface area is 146 Å². The summed E-state index contributed by atoms with van der Waals surface area (Å²) in [6.45, 7) is 2.23. The first-order chi connectivity index (χ1) is 11.5. The Morgan fingerprint density at radius 2 is 1.21 bits per heavy atom. The van der Waals surface area contributed by atoms with Gasteiger partial charge in [-0.25, -0.2) is 4.79 Å². The lowest BCUT2D eigenvalue weighted by Crippen LogP contribution is -2.38. The first-order valence-electron chi connectivity index (χ1n) is 9.52. The molecule has 0 bridgehead atoms. The van der Waals surface area contributed by atoms with Crippen LogP contribution in [0.1, 0.15) is 90.4 Å². The van der Waals surface area contributed by atoms with Crippen LogP contribution >= 0.6 is 0 Å². The van der Waals surface area contributed by atoms with Crippen molar-refractivity contribution in [3.8, 4) is 0 Å². The Hall–Kier alpha value is -0.940. The van der Waals surface area contributed by atoms with Gasteiger partial charge in [0.05, 0.1) is 13.2 Å². The zero-order valence-corrected chi connectivity index (χ0v) is 15.5. The highest BCUT2D eigenvalue weighted by Gasteiger charge is 2.29. The van der Waals surface area contributed by atoms with Crippen molar-refractivity contribution >= 4 is 11.8 Å². The lowest BCUT2D eigenvalue weighted by atomic mass is 10.0. The molecule has 0 saturated carbocycles. The monoisotopic (exact) mass is 344 g/mol. The number of esters is 1. The quantitative estimate of drug-likeness (QED) is 0.254. The SMILES string of the molecule is CCCCCCCCCCCCCCC(O)C(O)C(=O)C(=O)OC. The first-order valence-corrected chi connectivity index (χ1v) is 9.52. The maximum Gasteiger partial charge on any atom is 0.377 e. The largest absolute Gasteiger partial charge is 0.463 e. The summed E-state index contributed by atoms with van der Waals surface area (Å²) >= 11 is 0. The summed E-state index contributed by atoms with van der Waals surface area (Å²) in [5.41, 5.74) is 0. The van der Waals surface area contributed by atoms with E-state index in [0.717, 1.165) is 26.4 Å². The van der Waals surface area contributed by atoms with Crippen LogP contribution in [-0.2, 0) is 14.3 Å². The molecular formula is C19H36O5. The zero-order valence-electron chi connectivity index (χ0n) is 15.5. The van der Waals surface area contributed by atoms with E-state index in [1.165, 1.54) is 57.8 Å². The molecule has 0 heterocycles. The molecule has 0 radical (unpaired) electrons. The molecule has 0 aromatic carbocycles. The number of ether oxygens (including phenoxy) is 1.